The van der Waals surface area contributed by atoms with Crippen LogP contribution in [0.4, 0.5) is 14.5 Å². The smallest absolute Gasteiger partial charge is 0.309 e. The van der Waals surface area contributed by atoms with Crippen molar-refractivity contribution in [2.75, 3.05) is 44.2 Å². The fourth-order valence-electron chi connectivity index (χ4n) is 3.15. The van der Waals surface area contributed by atoms with E-state index in [4.69, 9.17) is 0 Å². The predicted octanol–water partition coefficient (Wildman–Crippen LogP) is 1.52. The van der Waals surface area contributed by atoms with Crippen LogP contribution in [0.25, 0.3) is 0 Å². The first-order valence-corrected chi connectivity index (χ1v) is 9.54. The van der Waals surface area contributed by atoms with Crippen LogP contribution in [0.2, 0.25) is 0 Å². The van der Waals surface area contributed by atoms with Crippen molar-refractivity contribution in [2.45, 2.75) is 6.54 Å². The molecule has 2 N–H and O–H groups in total. The Morgan fingerprint density at radius 1 is 0.793 bits per heavy atom. The molecule has 2 amide bonds. The van der Waals surface area contributed by atoms with Gasteiger partial charge in [0.2, 0.25) is 0 Å². The standard InChI is InChI=1S/C21H24F2N4O2/c22-17-3-1-16(2-4-17)15-25-21(29)20(28)24-9-10-26-11-13-27(14-12-26)19-7-5-18(23)6-8-19/h1-8H,9-15H2,(H,24,28)(H,25,29). The summed E-state index contributed by atoms with van der Waals surface area (Å²) in [6.45, 7) is 4.47. The number of hydrogen-bond acceptors (Lipinski definition) is 4. The molecule has 0 saturated carbocycles. The van der Waals surface area contributed by atoms with Crippen molar-refractivity contribution in [3.63, 3.8) is 0 Å². The van der Waals surface area contributed by atoms with Crippen LogP contribution in [-0.2, 0) is 16.1 Å². The number of benzene rings is 2. The zero-order chi connectivity index (χ0) is 20.6. The second-order valence-corrected chi connectivity index (χ2v) is 6.87. The Kier molecular flexibility index (Phi) is 7.13. The molecule has 0 radical (unpaired) electrons. The van der Waals surface area contributed by atoms with Gasteiger partial charge < -0.3 is 15.5 Å². The van der Waals surface area contributed by atoms with E-state index in [-0.39, 0.29) is 18.2 Å². The minimum atomic E-state index is -0.713. The van der Waals surface area contributed by atoms with Crippen LogP contribution in [0.3, 0.4) is 0 Å². The van der Waals surface area contributed by atoms with E-state index in [1.807, 2.05) is 0 Å². The molecule has 154 valence electrons. The van der Waals surface area contributed by atoms with E-state index in [9.17, 15) is 18.4 Å². The zero-order valence-corrected chi connectivity index (χ0v) is 16.0. The van der Waals surface area contributed by atoms with Crippen molar-refractivity contribution in [3.8, 4) is 0 Å². The highest BCUT2D eigenvalue weighted by Gasteiger charge is 2.18. The molecule has 8 heteroatoms. The van der Waals surface area contributed by atoms with Gasteiger partial charge in [-0.2, -0.15) is 0 Å². The number of carbonyl (C=O) groups excluding carboxylic acids is 2. The van der Waals surface area contributed by atoms with Crippen LogP contribution < -0.4 is 15.5 Å². The average Bonchev–Trinajstić information content (AvgIpc) is 2.74. The van der Waals surface area contributed by atoms with Gasteiger partial charge in [-0.1, -0.05) is 12.1 Å². The molecular weight excluding hydrogens is 378 g/mol. The molecule has 3 rings (SSSR count). The first kappa shape index (κ1) is 20.7. The van der Waals surface area contributed by atoms with Crippen molar-refractivity contribution in [1.29, 1.82) is 0 Å². The van der Waals surface area contributed by atoms with Crippen molar-refractivity contribution in [2.24, 2.45) is 0 Å². The van der Waals surface area contributed by atoms with Gasteiger partial charge in [-0.3, -0.25) is 14.5 Å². The predicted molar refractivity (Wildman–Crippen MR) is 106 cm³/mol. The maximum absolute atomic E-state index is 13.0. The highest BCUT2D eigenvalue weighted by molar-refractivity contribution is 6.35. The monoisotopic (exact) mass is 402 g/mol. The summed E-state index contributed by atoms with van der Waals surface area (Å²) in [6, 6.07) is 12.2. The number of carbonyl (C=O) groups is 2. The Labute approximate surface area is 168 Å². The first-order valence-electron chi connectivity index (χ1n) is 9.54. The second-order valence-electron chi connectivity index (χ2n) is 6.87. The number of amides is 2. The quantitative estimate of drug-likeness (QED) is 0.720. The molecule has 29 heavy (non-hydrogen) atoms. The first-order chi connectivity index (χ1) is 14.0. The molecule has 1 fully saturated rings. The molecule has 0 spiro atoms. The third kappa shape index (κ3) is 6.25. The van der Waals surface area contributed by atoms with Gasteiger partial charge in [0, 0.05) is 51.5 Å². The van der Waals surface area contributed by atoms with Crippen LogP contribution in [0, 0.1) is 11.6 Å². The second kappa shape index (κ2) is 9.97. The molecule has 6 nitrogen and oxygen atoms in total. The lowest BCUT2D eigenvalue weighted by atomic mass is 10.2. The van der Waals surface area contributed by atoms with Gasteiger partial charge in [-0.05, 0) is 42.0 Å². The number of nitrogens with one attached hydrogen (secondary N) is 2. The van der Waals surface area contributed by atoms with Crippen LogP contribution in [0.15, 0.2) is 48.5 Å². The lowest BCUT2D eigenvalue weighted by Crippen LogP contribution is -2.49. The van der Waals surface area contributed by atoms with Crippen LogP contribution >= 0.6 is 0 Å². The van der Waals surface area contributed by atoms with Gasteiger partial charge >= 0.3 is 11.8 Å². The van der Waals surface area contributed by atoms with Gasteiger partial charge in [0.25, 0.3) is 0 Å². The average molecular weight is 402 g/mol. The molecule has 1 heterocycles. The summed E-state index contributed by atoms with van der Waals surface area (Å²) in [5.41, 5.74) is 1.71. The number of halogens is 2. The van der Waals surface area contributed by atoms with E-state index < -0.39 is 11.8 Å². The molecule has 0 unspecified atom stereocenters. The van der Waals surface area contributed by atoms with E-state index in [0.29, 0.717) is 18.7 Å². The molecule has 0 bridgehead atoms. The van der Waals surface area contributed by atoms with E-state index >= 15 is 0 Å². The van der Waals surface area contributed by atoms with Gasteiger partial charge in [0.05, 0.1) is 0 Å². The molecule has 0 atom stereocenters. The SMILES string of the molecule is O=C(NCCN1CCN(c2ccc(F)cc2)CC1)C(=O)NCc1ccc(F)cc1. The Hall–Kier alpha value is -3.00. The van der Waals surface area contributed by atoms with Crippen LogP contribution in [0.1, 0.15) is 5.56 Å². The lowest BCUT2D eigenvalue weighted by molar-refractivity contribution is -0.139. The van der Waals surface area contributed by atoms with Gasteiger partial charge in [-0.15, -0.1) is 0 Å². The van der Waals surface area contributed by atoms with Crippen molar-refractivity contribution in [3.05, 3.63) is 65.7 Å². The van der Waals surface area contributed by atoms with Crippen LogP contribution in [0.5, 0.6) is 0 Å². The molecule has 2 aromatic rings. The Bertz CT molecular complexity index is 820. The third-order valence-electron chi connectivity index (χ3n) is 4.85. The summed E-state index contributed by atoms with van der Waals surface area (Å²) >= 11 is 0. The fourth-order valence-corrected chi connectivity index (χ4v) is 3.15. The molecule has 0 aliphatic carbocycles. The summed E-state index contributed by atoms with van der Waals surface area (Å²) < 4.78 is 25.9. The summed E-state index contributed by atoms with van der Waals surface area (Å²) in [6.07, 6.45) is 0. The molecular formula is C21H24F2N4O2. The van der Waals surface area contributed by atoms with E-state index in [2.05, 4.69) is 20.4 Å². The molecule has 1 saturated heterocycles. The topological polar surface area (TPSA) is 64.7 Å². The van der Waals surface area contributed by atoms with Gasteiger partial charge in [-0.25, -0.2) is 8.78 Å². The van der Waals surface area contributed by atoms with E-state index in [1.165, 1.54) is 24.3 Å². The number of rotatable bonds is 6. The fraction of sp³-hybridized carbons (Fsp3) is 0.333. The Balaban J connectivity index is 1.32. The van der Waals surface area contributed by atoms with Gasteiger partial charge in [0.15, 0.2) is 0 Å². The van der Waals surface area contributed by atoms with Gasteiger partial charge in [0.1, 0.15) is 11.6 Å². The van der Waals surface area contributed by atoms with Crippen molar-refractivity contribution < 1.29 is 18.4 Å². The Morgan fingerprint density at radius 3 is 1.97 bits per heavy atom. The third-order valence-corrected chi connectivity index (χ3v) is 4.85. The molecule has 2 aromatic carbocycles. The normalized spacial score (nSPS) is 14.5. The van der Waals surface area contributed by atoms with E-state index in [1.54, 1.807) is 24.3 Å². The maximum Gasteiger partial charge on any atom is 0.309 e. The summed E-state index contributed by atoms with van der Waals surface area (Å²) in [4.78, 5) is 28.1. The zero-order valence-electron chi connectivity index (χ0n) is 16.0. The van der Waals surface area contributed by atoms with E-state index in [0.717, 1.165) is 31.9 Å². The summed E-state index contributed by atoms with van der Waals surface area (Å²) in [5.74, 6) is -1.99. The maximum atomic E-state index is 13.0. The number of piperazine rings is 1. The van der Waals surface area contributed by atoms with Crippen LogP contribution in [-0.4, -0.2) is 56.0 Å². The molecule has 1 aliphatic rings. The highest BCUT2D eigenvalue weighted by Crippen LogP contribution is 2.16. The molecule has 0 aromatic heterocycles. The Morgan fingerprint density at radius 2 is 1.34 bits per heavy atom. The van der Waals surface area contributed by atoms with Crippen molar-refractivity contribution >= 4 is 17.5 Å². The number of nitrogens with zero attached hydrogens (tertiary/aromatic N) is 2. The summed E-state index contributed by atoms with van der Waals surface area (Å²) in [5, 5.41) is 5.13. The summed E-state index contributed by atoms with van der Waals surface area (Å²) in [7, 11) is 0. The highest BCUT2D eigenvalue weighted by atomic mass is 19.1. The molecule has 1 aliphatic heterocycles. The number of anilines is 1. The van der Waals surface area contributed by atoms with Crippen molar-refractivity contribution in [1.82, 2.24) is 15.5 Å². The lowest BCUT2D eigenvalue weighted by Gasteiger charge is -2.36. The minimum absolute atomic E-state index is 0.165. The number of hydrogen-bond donors (Lipinski definition) is 2. The largest absolute Gasteiger partial charge is 0.369 e. The minimum Gasteiger partial charge on any atom is -0.369 e.